The van der Waals surface area contributed by atoms with Crippen LogP contribution in [-0.4, -0.2) is 99.2 Å². The Balaban J connectivity index is 0.701. The Hall–Kier alpha value is -6.93. The third kappa shape index (κ3) is 13.5. The van der Waals surface area contributed by atoms with Crippen LogP contribution in [0.15, 0.2) is 84.6 Å². The highest BCUT2D eigenvalue weighted by Gasteiger charge is 2.44. The average Bonchev–Trinajstić information content (AvgIpc) is 4.23. The molecule has 1 aliphatic rings. The molecule has 1 saturated heterocycles. The molecule has 3 atom stereocenters. The number of aliphatic hydroxyl groups excluding tert-OH is 1. The Labute approximate surface area is 438 Å². The van der Waals surface area contributed by atoms with Gasteiger partial charge in [-0.05, 0) is 98.0 Å². The maximum Gasteiger partial charge on any atom is 0.416 e. The molecule has 1 fully saturated rings. The fourth-order valence-electron chi connectivity index (χ4n) is 9.67. The smallest absolute Gasteiger partial charge is 0.391 e. The Bertz CT molecular complexity index is 3100. The average molecular weight is 1050 g/mol. The molecule has 75 heavy (non-hydrogen) atoms. The van der Waals surface area contributed by atoms with Gasteiger partial charge in [0.05, 0.1) is 39.0 Å². The number of carbonyl (C=O) groups is 4. The van der Waals surface area contributed by atoms with Gasteiger partial charge in [-0.2, -0.15) is 18.3 Å². The summed E-state index contributed by atoms with van der Waals surface area (Å²) in [6.45, 7) is 9.14. The highest BCUT2D eigenvalue weighted by molar-refractivity contribution is 7.13. The molecular weight excluding hydrogens is 984 g/mol. The SMILES string of the molecule is Cc1ncsc1-c1ccc(CNC(=O)[C@@H]2C[C@@H](O)CN2C(=O)[C@@H](NC(=O)CCCCCc2cn(CCCCCCCNC(=O)c3ccc4c(c3)c3cn(C)nc3n4-c3ccc(C(F)(F)F)cc3)nn2)C(C)(C)C)cc1. The molecule has 0 unspecified atom stereocenters. The first kappa shape index (κ1) is 54.3. The van der Waals surface area contributed by atoms with Crippen molar-refractivity contribution >= 4 is 56.9 Å². The van der Waals surface area contributed by atoms with Crippen LogP contribution in [0.4, 0.5) is 13.2 Å². The van der Waals surface area contributed by atoms with Crippen molar-refractivity contribution in [3.05, 3.63) is 113 Å². The fourth-order valence-corrected chi connectivity index (χ4v) is 10.5. The summed E-state index contributed by atoms with van der Waals surface area (Å²) in [6, 6.07) is 16.4. The van der Waals surface area contributed by atoms with Crippen LogP contribution in [0.3, 0.4) is 0 Å². The van der Waals surface area contributed by atoms with Gasteiger partial charge in [-0.15, -0.1) is 16.4 Å². The number of halogens is 3. The molecule has 3 aromatic carbocycles. The second kappa shape index (κ2) is 23.7. The highest BCUT2D eigenvalue weighted by Crippen LogP contribution is 2.35. The minimum absolute atomic E-state index is 0.00966. The molecule has 1 aliphatic heterocycles. The van der Waals surface area contributed by atoms with Gasteiger partial charge in [-0.3, -0.25) is 33.1 Å². The van der Waals surface area contributed by atoms with Crippen molar-refractivity contribution < 1.29 is 37.5 Å². The van der Waals surface area contributed by atoms with E-state index >= 15 is 0 Å². The lowest BCUT2D eigenvalue weighted by molar-refractivity contribution is -0.144. The summed E-state index contributed by atoms with van der Waals surface area (Å²) in [5.41, 5.74) is 6.60. The molecule has 398 valence electrons. The first-order valence-electron chi connectivity index (χ1n) is 25.7. The Morgan fingerprint density at radius 3 is 2.32 bits per heavy atom. The largest absolute Gasteiger partial charge is 0.416 e. The van der Waals surface area contributed by atoms with Crippen molar-refractivity contribution in [1.29, 1.82) is 0 Å². The second-order valence-corrected chi connectivity index (χ2v) is 21.5. The van der Waals surface area contributed by atoms with Crippen molar-refractivity contribution in [2.45, 2.75) is 136 Å². The van der Waals surface area contributed by atoms with Crippen LogP contribution in [0.25, 0.3) is 38.1 Å². The summed E-state index contributed by atoms with van der Waals surface area (Å²) < 4.78 is 45.0. The number of hydrogen-bond donors (Lipinski definition) is 4. The van der Waals surface area contributed by atoms with Gasteiger partial charge in [-0.1, -0.05) is 75.9 Å². The number of carbonyl (C=O) groups excluding carboxylic acids is 4. The number of aliphatic hydroxyl groups is 1. The number of rotatable bonds is 22. The number of nitrogens with zero attached hydrogens (tertiary/aromatic N) is 8. The van der Waals surface area contributed by atoms with Gasteiger partial charge in [0.1, 0.15) is 12.1 Å². The summed E-state index contributed by atoms with van der Waals surface area (Å²) in [5.74, 6) is -1.18. The van der Waals surface area contributed by atoms with Crippen LogP contribution >= 0.6 is 11.3 Å². The van der Waals surface area contributed by atoms with E-state index in [2.05, 4.69) is 36.3 Å². The van der Waals surface area contributed by atoms with Crippen LogP contribution in [-0.2, 0) is 47.1 Å². The number of nitrogens with one attached hydrogen (secondary N) is 3. The van der Waals surface area contributed by atoms with Gasteiger partial charge in [0.2, 0.25) is 17.7 Å². The summed E-state index contributed by atoms with van der Waals surface area (Å²) in [4.78, 5) is 60.8. The van der Waals surface area contributed by atoms with E-state index < -0.39 is 35.3 Å². The van der Waals surface area contributed by atoms with E-state index in [0.29, 0.717) is 29.9 Å². The number of thiazole rings is 1. The molecule has 20 heteroatoms. The zero-order chi connectivity index (χ0) is 53.4. The molecule has 7 aromatic rings. The van der Waals surface area contributed by atoms with E-state index in [-0.39, 0.29) is 49.6 Å². The quantitative estimate of drug-likeness (QED) is 0.0480. The third-order valence-corrected chi connectivity index (χ3v) is 14.7. The molecule has 0 spiro atoms. The van der Waals surface area contributed by atoms with Gasteiger partial charge in [-0.25, -0.2) is 4.98 Å². The topological polar surface area (TPSA) is 194 Å². The molecule has 16 nitrogen and oxygen atoms in total. The number of benzene rings is 3. The molecule has 4 aromatic heterocycles. The first-order chi connectivity index (χ1) is 35.8. The monoisotopic (exact) mass is 1050 g/mol. The van der Waals surface area contributed by atoms with E-state index in [9.17, 15) is 37.5 Å². The van der Waals surface area contributed by atoms with Crippen LogP contribution in [0, 0.1) is 12.3 Å². The number of alkyl halides is 3. The number of likely N-dealkylation sites (tertiary alicyclic amines) is 1. The lowest BCUT2D eigenvalue weighted by atomic mass is 9.85. The molecule has 5 heterocycles. The van der Waals surface area contributed by atoms with Gasteiger partial charge >= 0.3 is 6.18 Å². The molecule has 0 bridgehead atoms. The highest BCUT2D eigenvalue weighted by atomic mass is 32.1. The predicted octanol–water partition coefficient (Wildman–Crippen LogP) is 8.85. The van der Waals surface area contributed by atoms with E-state index in [1.165, 1.54) is 17.0 Å². The van der Waals surface area contributed by atoms with Crippen LogP contribution in [0.2, 0.25) is 0 Å². The molecule has 8 rings (SSSR count). The van der Waals surface area contributed by atoms with E-state index in [1.54, 1.807) is 45.8 Å². The van der Waals surface area contributed by atoms with E-state index in [4.69, 9.17) is 0 Å². The Morgan fingerprint density at radius 1 is 0.867 bits per heavy atom. The number of amides is 4. The van der Waals surface area contributed by atoms with Crippen LogP contribution < -0.4 is 16.0 Å². The number of aromatic nitrogens is 7. The maximum absolute atomic E-state index is 14.0. The summed E-state index contributed by atoms with van der Waals surface area (Å²) >= 11 is 1.57. The summed E-state index contributed by atoms with van der Waals surface area (Å²) in [5, 5.41) is 34.3. The van der Waals surface area contributed by atoms with Crippen molar-refractivity contribution in [3.63, 3.8) is 0 Å². The van der Waals surface area contributed by atoms with E-state index in [0.717, 1.165) is 114 Å². The fraction of sp³-hybridized carbons (Fsp3) is 0.455. The van der Waals surface area contributed by atoms with Crippen molar-refractivity contribution in [2.75, 3.05) is 13.1 Å². The lowest BCUT2D eigenvalue weighted by Gasteiger charge is -2.35. The molecule has 0 saturated carbocycles. The molecular formula is C55H66F3N11O5S. The van der Waals surface area contributed by atoms with Crippen LogP contribution in [0.5, 0.6) is 0 Å². The zero-order valence-corrected chi connectivity index (χ0v) is 43.9. The zero-order valence-electron chi connectivity index (χ0n) is 43.1. The number of aryl methyl sites for hydroxylation is 4. The first-order valence-corrected chi connectivity index (χ1v) is 26.6. The number of fused-ring (bicyclic) bond motifs is 3. The van der Waals surface area contributed by atoms with Crippen LogP contribution in [0.1, 0.15) is 118 Å². The number of unbranched alkanes of at least 4 members (excludes halogenated alkanes) is 6. The molecule has 0 aliphatic carbocycles. The van der Waals surface area contributed by atoms with Gasteiger partial charge < -0.3 is 26.0 Å². The van der Waals surface area contributed by atoms with Gasteiger partial charge in [0, 0.05) is 80.5 Å². The van der Waals surface area contributed by atoms with Gasteiger partial charge in [0.15, 0.2) is 5.65 Å². The standard InChI is InChI=1S/C55H66F3N11O5S/c1-35-48(75-34-61-35)37-18-16-36(17-19-37)30-60-52(73)46-29-42(70)32-68(46)53(74)49(54(2,3)4)62-47(71)15-11-9-10-14-40-31-67(65-63-40)27-13-8-6-7-12-26-59-51(72)38-20-25-45-43(28-38)44-33-66(5)64-50(44)69(45)41-23-21-39(22-24-41)55(56,57)58/h16-25,28,31,33-34,42,46,49,70H,6-15,26-27,29-30,32H2,1-5H3,(H,59,72)(H,60,73)(H,62,71)/t42-,46+,49-/m1/s1. The van der Waals surface area contributed by atoms with Crippen molar-refractivity contribution in [2.24, 2.45) is 12.5 Å². The molecule has 4 N–H and O–H groups in total. The lowest BCUT2D eigenvalue weighted by Crippen LogP contribution is -2.57. The van der Waals surface area contributed by atoms with Crippen molar-refractivity contribution in [1.82, 2.24) is 55.2 Å². The number of β-amino-alcohol motifs (C(OH)–C–C–N with tert-alkyl or cyclic N) is 1. The summed E-state index contributed by atoms with van der Waals surface area (Å²) in [6.07, 6.45) is 6.56. The molecule has 0 radical (unpaired) electrons. The minimum atomic E-state index is -4.44. The Kier molecular flexibility index (Phi) is 17.2. The predicted molar refractivity (Wildman–Crippen MR) is 282 cm³/mol. The Morgan fingerprint density at radius 2 is 1.60 bits per heavy atom. The number of hydrogen-bond acceptors (Lipinski definition) is 10. The maximum atomic E-state index is 14.0. The van der Waals surface area contributed by atoms with Gasteiger partial charge in [0.25, 0.3) is 5.91 Å². The molecule has 4 amide bonds. The minimum Gasteiger partial charge on any atom is -0.391 e. The normalized spacial score (nSPS) is 15.5. The van der Waals surface area contributed by atoms with E-state index in [1.807, 2.05) is 74.5 Å². The third-order valence-electron chi connectivity index (χ3n) is 13.7. The summed E-state index contributed by atoms with van der Waals surface area (Å²) in [7, 11) is 1.78. The van der Waals surface area contributed by atoms with Crippen molar-refractivity contribution in [3.8, 4) is 16.1 Å². The second-order valence-electron chi connectivity index (χ2n) is 20.7.